The average Bonchev–Trinajstić information content (AvgIpc) is 3.37. The van der Waals surface area contributed by atoms with Crippen molar-refractivity contribution < 1.29 is 9.53 Å². The van der Waals surface area contributed by atoms with Gasteiger partial charge in [0.2, 0.25) is 5.91 Å². The van der Waals surface area contributed by atoms with Gasteiger partial charge in [-0.3, -0.25) is 10.2 Å². The Kier molecular flexibility index (Phi) is 5.63. The molecule has 32 heavy (non-hydrogen) atoms. The molecule has 2 aromatic heterocycles. The van der Waals surface area contributed by atoms with E-state index in [9.17, 15) is 4.79 Å². The molecule has 2 heterocycles. The molecule has 0 atom stereocenters. The Morgan fingerprint density at radius 3 is 2.66 bits per heavy atom. The number of rotatable bonds is 7. The molecule has 0 spiro atoms. The van der Waals surface area contributed by atoms with Gasteiger partial charge in [-0.25, -0.2) is 19.7 Å². The molecule has 0 fully saturated rings. The van der Waals surface area contributed by atoms with Gasteiger partial charge in [0.05, 0.1) is 23.8 Å². The fraction of sp³-hybridized carbons (Fsp3) is 0.217. The van der Waals surface area contributed by atoms with E-state index >= 15 is 0 Å². The van der Waals surface area contributed by atoms with Gasteiger partial charge in [-0.15, -0.1) is 0 Å². The van der Waals surface area contributed by atoms with Crippen LogP contribution in [-0.2, 0) is 11.2 Å². The van der Waals surface area contributed by atoms with E-state index < -0.39 is 0 Å². The highest BCUT2D eigenvalue weighted by molar-refractivity contribution is 5.98. The van der Waals surface area contributed by atoms with E-state index in [0.29, 0.717) is 35.6 Å². The zero-order valence-electron chi connectivity index (χ0n) is 18.2. The highest BCUT2D eigenvalue weighted by Gasteiger charge is 2.19. The Labute approximate surface area is 185 Å². The molecule has 1 amide bonds. The number of benzene rings is 2. The number of fused-ring (bicyclic) bond motifs is 1. The number of methoxy groups -OCH3 is 1. The van der Waals surface area contributed by atoms with Gasteiger partial charge in [-0.1, -0.05) is 12.1 Å². The number of hydrogen-bond acceptors (Lipinski definition) is 5. The predicted octanol–water partition coefficient (Wildman–Crippen LogP) is 2.75. The third kappa shape index (κ3) is 4.04. The molecule has 0 aliphatic carbocycles. The van der Waals surface area contributed by atoms with Crippen molar-refractivity contribution in [2.75, 3.05) is 18.7 Å². The summed E-state index contributed by atoms with van der Waals surface area (Å²) in [4.78, 5) is 24.8. The quantitative estimate of drug-likeness (QED) is 0.306. The Hall–Kier alpha value is -4.14. The Bertz CT molecular complexity index is 1290. The lowest BCUT2D eigenvalue weighted by atomic mass is 10.1. The first-order valence-corrected chi connectivity index (χ1v) is 10.2. The van der Waals surface area contributed by atoms with Crippen LogP contribution in [0.25, 0.3) is 22.6 Å². The SMILES string of the molecule is COc1ccc(CCN(C(C)=O)n2cnc(-c3nc4cc(C(=N)N)ccc4[nH]3)c2C)cc1. The number of nitrogens with one attached hydrogen (secondary N) is 2. The van der Waals surface area contributed by atoms with Gasteiger partial charge < -0.3 is 15.5 Å². The lowest BCUT2D eigenvalue weighted by Gasteiger charge is -2.23. The molecule has 0 bridgehead atoms. The summed E-state index contributed by atoms with van der Waals surface area (Å²) in [6.07, 6.45) is 2.32. The van der Waals surface area contributed by atoms with Crippen LogP contribution in [0.3, 0.4) is 0 Å². The number of nitrogens with zero attached hydrogens (tertiary/aromatic N) is 4. The number of H-pyrrole nitrogens is 1. The number of ether oxygens (including phenoxy) is 1. The van der Waals surface area contributed by atoms with Crippen molar-refractivity contribution >= 4 is 22.8 Å². The molecule has 4 aromatic rings. The van der Waals surface area contributed by atoms with Crippen molar-refractivity contribution in [1.29, 1.82) is 5.41 Å². The molecule has 0 saturated heterocycles. The number of carbonyl (C=O) groups excluding carboxylic acids is 1. The van der Waals surface area contributed by atoms with Crippen molar-refractivity contribution in [3.8, 4) is 17.3 Å². The first-order chi connectivity index (χ1) is 15.4. The van der Waals surface area contributed by atoms with Crippen LogP contribution in [0.1, 0.15) is 23.7 Å². The van der Waals surface area contributed by atoms with Crippen molar-refractivity contribution in [2.45, 2.75) is 20.3 Å². The summed E-state index contributed by atoms with van der Waals surface area (Å²) < 4.78 is 6.96. The largest absolute Gasteiger partial charge is 0.497 e. The van der Waals surface area contributed by atoms with E-state index in [-0.39, 0.29) is 11.7 Å². The Morgan fingerprint density at radius 2 is 2.00 bits per heavy atom. The molecular formula is C23H25N7O2. The standard InChI is InChI=1S/C23H25N7O2/c1-14-21(23-27-19-9-6-17(22(24)25)12-20(19)28-23)26-13-30(14)29(15(2)31)11-10-16-4-7-18(32-3)8-5-16/h4-9,12-13H,10-11H2,1-3H3,(H3,24,25)(H,27,28). The van der Waals surface area contributed by atoms with Crippen LogP contribution in [0.15, 0.2) is 48.8 Å². The maximum atomic E-state index is 12.4. The van der Waals surface area contributed by atoms with E-state index in [4.69, 9.17) is 15.9 Å². The first-order valence-electron chi connectivity index (χ1n) is 10.2. The van der Waals surface area contributed by atoms with E-state index in [1.54, 1.807) is 35.3 Å². The van der Waals surface area contributed by atoms with Crippen LogP contribution in [-0.4, -0.2) is 45.0 Å². The molecule has 0 aliphatic heterocycles. The minimum atomic E-state index is -0.0822. The zero-order valence-corrected chi connectivity index (χ0v) is 18.2. The second-order valence-corrected chi connectivity index (χ2v) is 7.49. The number of imidazole rings is 2. The van der Waals surface area contributed by atoms with E-state index in [2.05, 4.69) is 15.0 Å². The lowest BCUT2D eigenvalue weighted by Crippen LogP contribution is -2.40. The highest BCUT2D eigenvalue weighted by Crippen LogP contribution is 2.23. The third-order valence-corrected chi connectivity index (χ3v) is 5.40. The van der Waals surface area contributed by atoms with E-state index in [1.165, 1.54) is 6.92 Å². The fourth-order valence-corrected chi connectivity index (χ4v) is 3.61. The lowest BCUT2D eigenvalue weighted by molar-refractivity contribution is -0.118. The number of nitrogen functional groups attached to an aromatic ring is 1. The van der Waals surface area contributed by atoms with Gasteiger partial charge >= 0.3 is 0 Å². The maximum Gasteiger partial charge on any atom is 0.238 e. The van der Waals surface area contributed by atoms with E-state index in [1.807, 2.05) is 37.3 Å². The van der Waals surface area contributed by atoms with Gasteiger partial charge in [0, 0.05) is 19.0 Å². The Balaban J connectivity index is 1.59. The smallest absolute Gasteiger partial charge is 0.238 e. The van der Waals surface area contributed by atoms with Gasteiger partial charge in [-0.05, 0) is 49.2 Å². The summed E-state index contributed by atoms with van der Waals surface area (Å²) in [5, 5.41) is 9.27. The van der Waals surface area contributed by atoms with Gasteiger partial charge in [0.25, 0.3) is 0 Å². The molecule has 9 heteroatoms. The van der Waals surface area contributed by atoms with Crippen LogP contribution < -0.4 is 15.5 Å². The molecule has 2 aromatic carbocycles. The molecule has 9 nitrogen and oxygen atoms in total. The molecule has 164 valence electrons. The van der Waals surface area contributed by atoms with Crippen molar-refractivity contribution in [2.24, 2.45) is 5.73 Å². The molecule has 4 N–H and O–H groups in total. The Morgan fingerprint density at radius 1 is 1.25 bits per heavy atom. The summed E-state index contributed by atoms with van der Waals surface area (Å²) >= 11 is 0. The van der Waals surface area contributed by atoms with Crippen molar-refractivity contribution in [3.63, 3.8) is 0 Å². The molecule has 4 rings (SSSR count). The van der Waals surface area contributed by atoms with Crippen molar-refractivity contribution in [3.05, 3.63) is 65.6 Å². The summed E-state index contributed by atoms with van der Waals surface area (Å²) in [7, 11) is 1.64. The predicted molar refractivity (Wildman–Crippen MR) is 124 cm³/mol. The molecular weight excluding hydrogens is 406 g/mol. The number of hydrogen-bond donors (Lipinski definition) is 3. The summed E-state index contributed by atoms with van der Waals surface area (Å²) in [6.45, 7) is 3.94. The normalized spacial score (nSPS) is 11.0. The van der Waals surface area contributed by atoms with Crippen LogP contribution in [0.2, 0.25) is 0 Å². The molecule has 0 saturated carbocycles. The molecule has 0 unspecified atom stereocenters. The fourth-order valence-electron chi connectivity index (χ4n) is 3.61. The topological polar surface area (TPSA) is 126 Å². The highest BCUT2D eigenvalue weighted by atomic mass is 16.5. The second-order valence-electron chi connectivity index (χ2n) is 7.49. The maximum absolute atomic E-state index is 12.4. The molecule has 0 radical (unpaired) electrons. The second kappa shape index (κ2) is 8.54. The number of carbonyl (C=O) groups is 1. The summed E-state index contributed by atoms with van der Waals surface area (Å²) in [5.74, 6) is 1.30. The number of nitrogens with two attached hydrogens (primary N) is 1. The van der Waals surface area contributed by atoms with Crippen molar-refractivity contribution in [1.82, 2.24) is 19.6 Å². The van der Waals surface area contributed by atoms with Crippen LogP contribution >= 0.6 is 0 Å². The number of aromatic nitrogens is 4. The first kappa shape index (κ1) is 21.1. The van der Waals surface area contributed by atoms with Crippen LogP contribution in [0.4, 0.5) is 0 Å². The molecule has 0 aliphatic rings. The number of amidine groups is 1. The summed E-state index contributed by atoms with van der Waals surface area (Å²) in [6, 6.07) is 13.2. The zero-order chi connectivity index (χ0) is 22.8. The third-order valence-electron chi connectivity index (χ3n) is 5.40. The van der Waals surface area contributed by atoms with Gasteiger partial charge in [-0.2, -0.15) is 0 Å². The minimum absolute atomic E-state index is 0.00846. The average molecular weight is 432 g/mol. The van der Waals surface area contributed by atoms with Gasteiger partial charge in [0.15, 0.2) is 5.82 Å². The number of amides is 1. The van der Waals surface area contributed by atoms with E-state index in [0.717, 1.165) is 22.5 Å². The van der Waals surface area contributed by atoms with Crippen LogP contribution in [0, 0.1) is 12.3 Å². The van der Waals surface area contributed by atoms with Crippen LogP contribution in [0.5, 0.6) is 5.75 Å². The summed E-state index contributed by atoms with van der Waals surface area (Å²) in [5.41, 5.74) is 10.3. The monoisotopic (exact) mass is 431 g/mol. The number of aromatic amines is 1. The van der Waals surface area contributed by atoms with Gasteiger partial charge in [0.1, 0.15) is 23.6 Å². The minimum Gasteiger partial charge on any atom is -0.497 e.